The zero-order valence-corrected chi connectivity index (χ0v) is 12.4. The number of carbonyl (C=O) groups excluding carboxylic acids is 1. The Morgan fingerprint density at radius 2 is 2.23 bits per heavy atom. The molecule has 0 unspecified atom stereocenters. The summed E-state index contributed by atoms with van der Waals surface area (Å²) in [6.07, 6.45) is 9.19. The monoisotopic (exact) mass is 296 g/mol. The van der Waals surface area contributed by atoms with Gasteiger partial charge in [0.05, 0.1) is 11.8 Å². The molecule has 0 saturated heterocycles. The van der Waals surface area contributed by atoms with Crippen molar-refractivity contribution >= 4 is 11.7 Å². The number of aromatic nitrogens is 5. The SMILES string of the molecule is CCc1cc(NC(=O)c2cnn(C)c2)ncc1-c1ncc[nH]1. The number of pyridine rings is 1. The van der Waals surface area contributed by atoms with Crippen LogP contribution < -0.4 is 5.32 Å². The molecular formula is C15H16N6O. The molecule has 3 aromatic heterocycles. The molecule has 3 rings (SSSR count). The molecule has 0 radical (unpaired) electrons. The van der Waals surface area contributed by atoms with Crippen LogP contribution >= 0.6 is 0 Å². The van der Waals surface area contributed by atoms with Crippen LogP contribution in [0.2, 0.25) is 0 Å². The highest BCUT2D eigenvalue weighted by atomic mass is 16.1. The summed E-state index contributed by atoms with van der Waals surface area (Å²) < 4.78 is 1.58. The topological polar surface area (TPSA) is 88.5 Å². The number of amides is 1. The van der Waals surface area contributed by atoms with Crippen LogP contribution in [0.25, 0.3) is 11.4 Å². The summed E-state index contributed by atoms with van der Waals surface area (Å²) in [6, 6.07) is 1.87. The van der Waals surface area contributed by atoms with Gasteiger partial charge in [-0.1, -0.05) is 6.92 Å². The molecule has 0 fully saturated rings. The first-order chi connectivity index (χ1) is 10.7. The fraction of sp³-hybridized carbons (Fsp3) is 0.200. The van der Waals surface area contributed by atoms with Crippen LogP contribution in [0.3, 0.4) is 0 Å². The number of hydrogen-bond acceptors (Lipinski definition) is 4. The van der Waals surface area contributed by atoms with Gasteiger partial charge in [0.15, 0.2) is 0 Å². The van der Waals surface area contributed by atoms with Crippen molar-refractivity contribution in [3.05, 3.63) is 48.2 Å². The van der Waals surface area contributed by atoms with Crippen molar-refractivity contribution in [3.63, 3.8) is 0 Å². The van der Waals surface area contributed by atoms with Gasteiger partial charge in [0.1, 0.15) is 11.6 Å². The number of carbonyl (C=O) groups is 1. The van der Waals surface area contributed by atoms with Gasteiger partial charge in [0.25, 0.3) is 5.91 Å². The average molecular weight is 296 g/mol. The lowest BCUT2D eigenvalue weighted by Gasteiger charge is -2.08. The van der Waals surface area contributed by atoms with E-state index in [1.807, 2.05) is 6.07 Å². The molecule has 112 valence electrons. The van der Waals surface area contributed by atoms with E-state index in [-0.39, 0.29) is 5.91 Å². The van der Waals surface area contributed by atoms with Gasteiger partial charge in [0.2, 0.25) is 0 Å². The number of rotatable bonds is 4. The number of aryl methyl sites for hydroxylation is 2. The minimum atomic E-state index is -0.228. The molecule has 3 heterocycles. The minimum Gasteiger partial charge on any atom is -0.345 e. The number of nitrogens with one attached hydrogen (secondary N) is 2. The summed E-state index contributed by atoms with van der Waals surface area (Å²) in [4.78, 5) is 23.7. The van der Waals surface area contributed by atoms with Crippen molar-refractivity contribution in [2.45, 2.75) is 13.3 Å². The largest absolute Gasteiger partial charge is 0.345 e. The van der Waals surface area contributed by atoms with E-state index in [9.17, 15) is 4.79 Å². The van der Waals surface area contributed by atoms with Crippen molar-refractivity contribution < 1.29 is 4.79 Å². The molecule has 3 aromatic rings. The summed E-state index contributed by atoms with van der Waals surface area (Å²) in [7, 11) is 1.77. The van der Waals surface area contributed by atoms with E-state index in [0.717, 1.165) is 23.4 Å². The number of aromatic amines is 1. The smallest absolute Gasteiger partial charge is 0.260 e. The quantitative estimate of drug-likeness (QED) is 0.771. The number of hydrogen-bond donors (Lipinski definition) is 2. The molecule has 22 heavy (non-hydrogen) atoms. The van der Waals surface area contributed by atoms with E-state index < -0.39 is 0 Å². The summed E-state index contributed by atoms with van der Waals surface area (Å²) >= 11 is 0. The van der Waals surface area contributed by atoms with E-state index in [1.165, 1.54) is 6.20 Å². The van der Waals surface area contributed by atoms with Crippen molar-refractivity contribution in [1.82, 2.24) is 24.7 Å². The second-order valence-electron chi connectivity index (χ2n) is 4.87. The Hall–Kier alpha value is -2.96. The number of imidazole rings is 1. The Morgan fingerprint density at radius 1 is 1.36 bits per heavy atom. The lowest BCUT2D eigenvalue weighted by Crippen LogP contribution is -2.12. The van der Waals surface area contributed by atoms with E-state index in [2.05, 4.69) is 32.3 Å². The maximum Gasteiger partial charge on any atom is 0.260 e. The zero-order chi connectivity index (χ0) is 15.5. The highest BCUT2D eigenvalue weighted by Crippen LogP contribution is 2.22. The van der Waals surface area contributed by atoms with E-state index in [4.69, 9.17) is 0 Å². The molecule has 0 aliphatic rings. The highest BCUT2D eigenvalue weighted by molar-refractivity contribution is 6.03. The normalized spacial score (nSPS) is 10.6. The Labute approximate surface area is 127 Å². The van der Waals surface area contributed by atoms with Crippen molar-refractivity contribution in [2.24, 2.45) is 7.05 Å². The van der Waals surface area contributed by atoms with Gasteiger partial charge in [0, 0.05) is 37.4 Å². The van der Waals surface area contributed by atoms with Crippen molar-refractivity contribution in [1.29, 1.82) is 0 Å². The number of anilines is 1. The minimum absolute atomic E-state index is 0.228. The van der Waals surface area contributed by atoms with E-state index >= 15 is 0 Å². The first-order valence-corrected chi connectivity index (χ1v) is 6.96. The van der Waals surface area contributed by atoms with Gasteiger partial charge in [-0.3, -0.25) is 9.48 Å². The van der Waals surface area contributed by atoms with Crippen LogP contribution in [0.1, 0.15) is 22.8 Å². The molecular weight excluding hydrogens is 280 g/mol. The molecule has 1 amide bonds. The summed E-state index contributed by atoms with van der Waals surface area (Å²) in [6.45, 7) is 2.05. The Balaban J connectivity index is 1.85. The highest BCUT2D eigenvalue weighted by Gasteiger charge is 2.12. The molecule has 0 aliphatic carbocycles. The molecule has 0 saturated carbocycles. The van der Waals surface area contributed by atoms with Crippen LogP contribution in [-0.2, 0) is 13.5 Å². The van der Waals surface area contributed by atoms with E-state index in [0.29, 0.717) is 11.4 Å². The van der Waals surface area contributed by atoms with Gasteiger partial charge in [-0.2, -0.15) is 5.10 Å². The average Bonchev–Trinajstić information content (AvgIpc) is 3.18. The lowest BCUT2D eigenvalue weighted by atomic mass is 10.1. The first kappa shape index (κ1) is 14.0. The van der Waals surface area contributed by atoms with Gasteiger partial charge >= 0.3 is 0 Å². The predicted octanol–water partition coefficient (Wildman–Crippen LogP) is 2.02. The van der Waals surface area contributed by atoms with Crippen LogP contribution in [0, 0.1) is 0 Å². The Morgan fingerprint density at radius 3 is 2.86 bits per heavy atom. The maximum atomic E-state index is 12.1. The van der Waals surface area contributed by atoms with Gasteiger partial charge in [-0.25, -0.2) is 9.97 Å². The first-order valence-electron chi connectivity index (χ1n) is 6.96. The maximum absolute atomic E-state index is 12.1. The standard InChI is InChI=1S/C15H16N6O/c1-3-10-6-13(18-8-12(10)14-16-4-5-17-14)20-15(22)11-7-19-21(2)9-11/h4-9H,3H2,1-2H3,(H,16,17)(H,18,20,22). The van der Waals surface area contributed by atoms with Gasteiger partial charge < -0.3 is 10.3 Å². The molecule has 0 aliphatic heterocycles. The Bertz CT molecular complexity index is 790. The van der Waals surface area contributed by atoms with Gasteiger partial charge in [-0.05, 0) is 18.1 Å². The van der Waals surface area contributed by atoms with Crippen molar-refractivity contribution in [3.8, 4) is 11.4 Å². The second kappa shape index (κ2) is 5.80. The fourth-order valence-corrected chi connectivity index (χ4v) is 2.21. The molecule has 7 nitrogen and oxygen atoms in total. The molecule has 2 N–H and O–H groups in total. The van der Waals surface area contributed by atoms with Crippen LogP contribution in [0.15, 0.2) is 37.1 Å². The van der Waals surface area contributed by atoms with Gasteiger partial charge in [-0.15, -0.1) is 0 Å². The van der Waals surface area contributed by atoms with Crippen LogP contribution in [0.4, 0.5) is 5.82 Å². The molecule has 7 heteroatoms. The third-order valence-electron chi connectivity index (χ3n) is 3.33. The summed E-state index contributed by atoms with van der Waals surface area (Å²) in [5.74, 6) is 1.06. The summed E-state index contributed by atoms with van der Waals surface area (Å²) in [5.41, 5.74) is 2.50. The zero-order valence-electron chi connectivity index (χ0n) is 12.4. The molecule has 0 spiro atoms. The van der Waals surface area contributed by atoms with Crippen LogP contribution in [0.5, 0.6) is 0 Å². The second-order valence-corrected chi connectivity index (χ2v) is 4.87. The lowest BCUT2D eigenvalue weighted by molar-refractivity contribution is 0.102. The summed E-state index contributed by atoms with van der Waals surface area (Å²) in [5, 5.41) is 6.77. The molecule has 0 atom stereocenters. The fourth-order valence-electron chi connectivity index (χ4n) is 2.21. The molecule has 0 aromatic carbocycles. The van der Waals surface area contributed by atoms with Crippen molar-refractivity contribution in [2.75, 3.05) is 5.32 Å². The third-order valence-corrected chi connectivity index (χ3v) is 3.33. The number of H-pyrrole nitrogens is 1. The van der Waals surface area contributed by atoms with E-state index in [1.54, 1.807) is 36.5 Å². The number of nitrogens with zero attached hydrogens (tertiary/aromatic N) is 4. The predicted molar refractivity (Wildman–Crippen MR) is 82.4 cm³/mol. The molecule has 0 bridgehead atoms. The third kappa shape index (κ3) is 2.73. The Kier molecular flexibility index (Phi) is 3.69. The van der Waals surface area contributed by atoms with Crippen LogP contribution in [-0.4, -0.2) is 30.6 Å².